The minimum absolute atomic E-state index is 0.0247. The number of nitrogens with zero attached hydrogens (tertiary/aromatic N) is 4. The molecule has 22 heavy (non-hydrogen) atoms. The highest BCUT2D eigenvalue weighted by atomic mass is 16.2. The van der Waals surface area contributed by atoms with E-state index in [9.17, 15) is 4.79 Å². The van der Waals surface area contributed by atoms with E-state index >= 15 is 0 Å². The van der Waals surface area contributed by atoms with Crippen molar-refractivity contribution in [2.24, 2.45) is 0 Å². The molecule has 1 amide bonds. The average molecular weight is 294 g/mol. The number of aromatic nitrogens is 2. The van der Waals surface area contributed by atoms with E-state index in [0.29, 0.717) is 0 Å². The lowest BCUT2D eigenvalue weighted by Gasteiger charge is -2.31. The van der Waals surface area contributed by atoms with Crippen LogP contribution in [0.4, 0.5) is 5.69 Å². The number of carbonyl (C=O) groups excluding carboxylic acids is 1. The van der Waals surface area contributed by atoms with Crippen LogP contribution in [0.1, 0.15) is 17.7 Å². The zero-order valence-corrected chi connectivity index (χ0v) is 12.4. The first-order valence-corrected chi connectivity index (χ1v) is 7.71. The highest BCUT2D eigenvalue weighted by Gasteiger charge is 2.37. The predicted octanol–water partition coefficient (Wildman–Crippen LogP) is 1.64. The van der Waals surface area contributed by atoms with Crippen molar-refractivity contribution in [3.8, 4) is 0 Å². The molecule has 2 aliphatic heterocycles. The van der Waals surface area contributed by atoms with Crippen LogP contribution < -0.4 is 4.90 Å². The summed E-state index contributed by atoms with van der Waals surface area (Å²) in [7, 11) is 0. The lowest BCUT2D eigenvalue weighted by atomic mass is 10.0. The molecule has 1 saturated heterocycles. The van der Waals surface area contributed by atoms with Gasteiger partial charge >= 0.3 is 0 Å². The second kappa shape index (κ2) is 5.50. The molecular weight excluding hydrogens is 276 g/mol. The van der Waals surface area contributed by atoms with Crippen LogP contribution in [0.2, 0.25) is 0 Å². The van der Waals surface area contributed by atoms with Gasteiger partial charge in [0, 0.05) is 31.5 Å². The third-order valence-corrected chi connectivity index (χ3v) is 4.59. The molecule has 1 atom stereocenters. The van der Waals surface area contributed by atoms with Gasteiger partial charge in [0.15, 0.2) is 0 Å². The van der Waals surface area contributed by atoms with E-state index < -0.39 is 0 Å². The van der Waals surface area contributed by atoms with Crippen molar-refractivity contribution >= 4 is 11.6 Å². The van der Waals surface area contributed by atoms with Gasteiger partial charge in [0.05, 0.1) is 11.7 Å². The SMILES string of the molecule is O=C1[C@@H](N2CCc3cncnc3C2)CCN1c1ccccc1. The van der Waals surface area contributed by atoms with Crippen LogP contribution in [-0.2, 0) is 17.8 Å². The first-order valence-electron chi connectivity index (χ1n) is 7.71. The fourth-order valence-electron chi connectivity index (χ4n) is 3.40. The summed E-state index contributed by atoms with van der Waals surface area (Å²) >= 11 is 0. The molecule has 0 spiro atoms. The van der Waals surface area contributed by atoms with Gasteiger partial charge in [-0.05, 0) is 30.5 Å². The molecule has 0 aliphatic carbocycles. The van der Waals surface area contributed by atoms with Gasteiger partial charge in [-0.25, -0.2) is 9.97 Å². The molecule has 1 fully saturated rings. The lowest BCUT2D eigenvalue weighted by Crippen LogP contribution is -2.44. The molecule has 2 aromatic rings. The third kappa shape index (κ3) is 2.27. The standard InChI is InChI=1S/C17H18N4O/c22-17-16(7-9-21(17)14-4-2-1-3-5-14)20-8-6-13-10-18-12-19-15(13)11-20/h1-5,10,12,16H,6-9,11H2/t16-/m0/s1. The van der Waals surface area contributed by atoms with Crippen LogP contribution in [0.3, 0.4) is 0 Å². The Labute approximate surface area is 129 Å². The Morgan fingerprint density at radius 3 is 2.86 bits per heavy atom. The summed E-state index contributed by atoms with van der Waals surface area (Å²) < 4.78 is 0. The fourth-order valence-corrected chi connectivity index (χ4v) is 3.40. The maximum atomic E-state index is 12.8. The third-order valence-electron chi connectivity index (χ3n) is 4.59. The summed E-state index contributed by atoms with van der Waals surface area (Å²) in [6.07, 6.45) is 5.29. The molecule has 5 nitrogen and oxygen atoms in total. The normalized spacial score (nSPS) is 21.9. The van der Waals surface area contributed by atoms with Gasteiger partial charge < -0.3 is 4.90 Å². The minimum Gasteiger partial charge on any atom is -0.311 e. The first-order chi connectivity index (χ1) is 10.8. The van der Waals surface area contributed by atoms with E-state index in [2.05, 4.69) is 14.9 Å². The van der Waals surface area contributed by atoms with Crippen molar-refractivity contribution < 1.29 is 4.79 Å². The molecule has 0 radical (unpaired) electrons. The predicted molar refractivity (Wildman–Crippen MR) is 83.3 cm³/mol. The van der Waals surface area contributed by atoms with Crippen LogP contribution in [-0.4, -0.2) is 39.9 Å². The summed E-state index contributed by atoms with van der Waals surface area (Å²) in [6, 6.07) is 9.90. The smallest absolute Gasteiger partial charge is 0.244 e. The molecular formula is C17H18N4O. The van der Waals surface area contributed by atoms with E-state index in [0.717, 1.165) is 43.9 Å². The van der Waals surface area contributed by atoms with Crippen LogP contribution in [0.15, 0.2) is 42.9 Å². The Morgan fingerprint density at radius 1 is 1.14 bits per heavy atom. The van der Waals surface area contributed by atoms with Crippen LogP contribution in [0.25, 0.3) is 0 Å². The van der Waals surface area contributed by atoms with E-state index in [4.69, 9.17) is 0 Å². The molecule has 0 bridgehead atoms. The second-order valence-electron chi connectivity index (χ2n) is 5.85. The molecule has 0 N–H and O–H groups in total. The Balaban J connectivity index is 1.52. The molecule has 2 aliphatic rings. The first kappa shape index (κ1) is 13.4. The van der Waals surface area contributed by atoms with E-state index in [1.807, 2.05) is 41.4 Å². The molecule has 1 aromatic carbocycles. The molecule has 0 unspecified atom stereocenters. The van der Waals surface area contributed by atoms with Crippen molar-refractivity contribution in [1.82, 2.24) is 14.9 Å². The quantitative estimate of drug-likeness (QED) is 0.845. The maximum absolute atomic E-state index is 12.8. The molecule has 0 saturated carbocycles. The molecule has 112 valence electrons. The Morgan fingerprint density at radius 2 is 2.00 bits per heavy atom. The highest BCUT2D eigenvalue weighted by Crippen LogP contribution is 2.27. The lowest BCUT2D eigenvalue weighted by molar-refractivity contribution is -0.122. The number of rotatable bonds is 2. The molecule has 5 heteroatoms. The highest BCUT2D eigenvalue weighted by molar-refractivity contribution is 5.99. The summed E-state index contributed by atoms with van der Waals surface area (Å²) in [5, 5.41) is 0. The van der Waals surface area contributed by atoms with Gasteiger partial charge in [-0.3, -0.25) is 9.69 Å². The van der Waals surface area contributed by atoms with Crippen molar-refractivity contribution in [2.75, 3.05) is 18.0 Å². The van der Waals surface area contributed by atoms with Gasteiger partial charge in [0.25, 0.3) is 0 Å². The van der Waals surface area contributed by atoms with E-state index in [-0.39, 0.29) is 11.9 Å². The number of hydrogen-bond acceptors (Lipinski definition) is 4. The van der Waals surface area contributed by atoms with Crippen molar-refractivity contribution in [3.05, 3.63) is 54.1 Å². The Bertz CT molecular complexity index is 688. The average Bonchev–Trinajstić information content (AvgIpc) is 2.97. The van der Waals surface area contributed by atoms with Crippen molar-refractivity contribution in [2.45, 2.75) is 25.4 Å². The Hall–Kier alpha value is -2.27. The molecule has 3 heterocycles. The van der Waals surface area contributed by atoms with Gasteiger partial charge in [-0.2, -0.15) is 0 Å². The van der Waals surface area contributed by atoms with Gasteiger partial charge in [0.1, 0.15) is 6.33 Å². The monoisotopic (exact) mass is 294 g/mol. The molecule has 1 aromatic heterocycles. The van der Waals surface area contributed by atoms with Crippen LogP contribution in [0, 0.1) is 0 Å². The van der Waals surface area contributed by atoms with Crippen LogP contribution >= 0.6 is 0 Å². The van der Waals surface area contributed by atoms with E-state index in [1.165, 1.54) is 5.56 Å². The number of benzene rings is 1. The second-order valence-corrected chi connectivity index (χ2v) is 5.85. The summed E-state index contributed by atoms with van der Waals surface area (Å²) in [5.74, 6) is 0.212. The number of carbonyl (C=O) groups is 1. The van der Waals surface area contributed by atoms with Crippen molar-refractivity contribution in [3.63, 3.8) is 0 Å². The van der Waals surface area contributed by atoms with Crippen molar-refractivity contribution in [1.29, 1.82) is 0 Å². The van der Waals surface area contributed by atoms with Gasteiger partial charge in [-0.15, -0.1) is 0 Å². The topological polar surface area (TPSA) is 49.3 Å². The van der Waals surface area contributed by atoms with E-state index in [1.54, 1.807) is 6.33 Å². The maximum Gasteiger partial charge on any atom is 0.244 e. The summed E-state index contributed by atoms with van der Waals surface area (Å²) in [5.41, 5.74) is 3.27. The number of para-hydroxylation sites is 1. The molecule has 4 rings (SSSR count). The largest absolute Gasteiger partial charge is 0.311 e. The zero-order chi connectivity index (χ0) is 14.9. The fraction of sp³-hybridized carbons (Fsp3) is 0.353. The summed E-state index contributed by atoms with van der Waals surface area (Å²) in [6.45, 7) is 2.44. The number of anilines is 1. The summed E-state index contributed by atoms with van der Waals surface area (Å²) in [4.78, 5) is 25.4. The van der Waals surface area contributed by atoms with Crippen LogP contribution in [0.5, 0.6) is 0 Å². The van der Waals surface area contributed by atoms with Gasteiger partial charge in [-0.1, -0.05) is 18.2 Å². The number of amides is 1. The zero-order valence-electron chi connectivity index (χ0n) is 12.4. The number of fused-ring (bicyclic) bond motifs is 1. The number of hydrogen-bond donors (Lipinski definition) is 0. The van der Waals surface area contributed by atoms with Gasteiger partial charge in [0.2, 0.25) is 5.91 Å². The minimum atomic E-state index is -0.0247. The Kier molecular flexibility index (Phi) is 3.35.